The fraction of sp³-hybridized carbons (Fsp3) is 0.938. The largest absolute Gasteiger partial charge is 0.365 e. The maximum absolute atomic E-state index is 4.94. The molecule has 4 rings (SSSR count). The van der Waals surface area contributed by atoms with E-state index >= 15 is 0 Å². The monoisotopic (exact) mass is 280 g/mol. The summed E-state index contributed by atoms with van der Waals surface area (Å²) in [5.74, 6) is 3.13. The Balaban J connectivity index is 1.64. The predicted octanol–water partition coefficient (Wildman–Crippen LogP) is 3.92. The Bertz CT molecular complexity index is 315. The molecule has 0 atom stereocenters. The molecule has 0 heterocycles. The number of thioether (sulfide) groups is 1. The van der Waals surface area contributed by atoms with E-state index in [-0.39, 0.29) is 0 Å². The average Bonchev–Trinajstić information content (AvgIpc) is 2.37. The van der Waals surface area contributed by atoms with Crippen molar-refractivity contribution in [3.63, 3.8) is 0 Å². The summed E-state index contributed by atoms with van der Waals surface area (Å²) < 4.78 is 0. The first-order valence-electron chi connectivity index (χ1n) is 8.05. The van der Waals surface area contributed by atoms with Crippen LogP contribution in [0.2, 0.25) is 0 Å². The molecule has 2 nitrogen and oxygen atoms in total. The molecule has 0 aromatic rings. The van der Waals surface area contributed by atoms with E-state index in [1.165, 1.54) is 44.9 Å². The van der Waals surface area contributed by atoms with Crippen LogP contribution < -0.4 is 5.32 Å². The number of hydrogen-bond acceptors (Lipinski definition) is 2. The van der Waals surface area contributed by atoms with E-state index < -0.39 is 0 Å². The molecule has 0 radical (unpaired) electrons. The summed E-state index contributed by atoms with van der Waals surface area (Å²) in [5, 5.41) is 4.63. The molecule has 4 aliphatic rings. The maximum atomic E-state index is 4.94. The summed E-state index contributed by atoms with van der Waals surface area (Å²) in [4.78, 5) is 4.94. The molecule has 0 aliphatic heterocycles. The molecule has 4 bridgehead atoms. The molecule has 4 aliphatic carbocycles. The van der Waals surface area contributed by atoms with E-state index in [0.717, 1.165) is 36.0 Å². The highest BCUT2D eigenvalue weighted by Gasteiger charge is 2.50. The van der Waals surface area contributed by atoms with E-state index in [4.69, 9.17) is 4.99 Å². The van der Waals surface area contributed by atoms with Crippen molar-refractivity contribution in [3.05, 3.63) is 0 Å². The van der Waals surface area contributed by atoms with Gasteiger partial charge in [-0.25, -0.2) is 0 Å². The molecule has 19 heavy (non-hydrogen) atoms. The van der Waals surface area contributed by atoms with Gasteiger partial charge in [0.2, 0.25) is 0 Å². The van der Waals surface area contributed by atoms with Crippen LogP contribution in [0.25, 0.3) is 0 Å². The highest BCUT2D eigenvalue weighted by Crippen LogP contribution is 2.60. The van der Waals surface area contributed by atoms with Gasteiger partial charge in [-0.3, -0.25) is 4.99 Å². The standard InChI is InChI=1S/C16H28N2S/c1-3-4-17-15(19-2)18-11-16-8-12-5-13(9-16)7-14(6-12)10-16/h12-14H,3-11H2,1-2H3,(H,17,18). The van der Waals surface area contributed by atoms with Crippen LogP contribution in [0.1, 0.15) is 51.9 Å². The fourth-order valence-electron chi connectivity index (χ4n) is 5.15. The normalized spacial score (nSPS) is 40.7. The third-order valence-corrected chi connectivity index (χ3v) is 6.10. The van der Waals surface area contributed by atoms with Crippen LogP contribution in [0.15, 0.2) is 4.99 Å². The van der Waals surface area contributed by atoms with Gasteiger partial charge in [-0.15, -0.1) is 0 Å². The van der Waals surface area contributed by atoms with Gasteiger partial charge in [-0.1, -0.05) is 18.7 Å². The lowest BCUT2D eigenvalue weighted by molar-refractivity contribution is -0.0464. The van der Waals surface area contributed by atoms with Crippen LogP contribution in [0.5, 0.6) is 0 Å². The molecule has 0 spiro atoms. The zero-order valence-corrected chi connectivity index (χ0v) is 13.3. The van der Waals surface area contributed by atoms with Crippen LogP contribution in [0.4, 0.5) is 0 Å². The molecule has 3 heteroatoms. The Morgan fingerprint density at radius 1 is 1.16 bits per heavy atom. The lowest BCUT2D eigenvalue weighted by atomic mass is 9.49. The topological polar surface area (TPSA) is 24.4 Å². The minimum atomic E-state index is 0.587. The summed E-state index contributed by atoms with van der Waals surface area (Å²) in [7, 11) is 0. The number of nitrogens with one attached hydrogen (secondary N) is 1. The molecule has 108 valence electrons. The van der Waals surface area contributed by atoms with E-state index in [0.29, 0.717) is 5.41 Å². The number of hydrogen-bond donors (Lipinski definition) is 1. The average molecular weight is 280 g/mol. The van der Waals surface area contributed by atoms with Crippen molar-refractivity contribution < 1.29 is 0 Å². The number of aliphatic imine (C=N–C) groups is 1. The van der Waals surface area contributed by atoms with Crippen molar-refractivity contribution in [1.82, 2.24) is 5.32 Å². The zero-order valence-electron chi connectivity index (χ0n) is 12.5. The molecule has 0 amide bonds. The quantitative estimate of drug-likeness (QED) is 0.623. The SMILES string of the molecule is CCCNC(=NCC12CC3CC(CC(C3)C1)C2)SC. The summed E-state index contributed by atoms with van der Waals surface area (Å²) in [5.41, 5.74) is 0.587. The van der Waals surface area contributed by atoms with Gasteiger partial charge in [0.15, 0.2) is 5.17 Å². The Labute approximate surface area is 122 Å². The molecule has 1 N–H and O–H groups in total. The van der Waals surface area contributed by atoms with Crippen LogP contribution in [0, 0.1) is 23.2 Å². The van der Waals surface area contributed by atoms with Crippen molar-refractivity contribution in [2.45, 2.75) is 51.9 Å². The lowest BCUT2D eigenvalue weighted by Crippen LogP contribution is -2.47. The van der Waals surface area contributed by atoms with Gasteiger partial charge < -0.3 is 5.32 Å². The van der Waals surface area contributed by atoms with Gasteiger partial charge in [0.05, 0.1) is 0 Å². The molecule has 0 aromatic carbocycles. The first-order valence-corrected chi connectivity index (χ1v) is 9.28. The third-order valence-electron chi connectivity index (χ3n) is 5.44. The Morgan fingerprint density at radius 3 is 2.21 bits per heavy atom. The van der Waals surface area contributed by atoms with Crippen LogP contribution in [-0.4, -0.2) is 24.5 Å². The molecule has 0 saturated heterocycles. The Hall–Kier alpha value is -0.180. The minimum absolute atomic E-state index is 0.587. The van der Waals surface area contributed by atoms with Crippen molar-refractivity contribution in [2.75, 3.05) is 19.3 Å². The second-order valence-electron chi connectivity index (χ2n) is 7.17. The van der Waals surface area contributed by atoms with Crippen molar-refractivity contribution >= 4 is 16.9 Å². The van der Waals surface area contributed by atoms with Crippen LogP contribution >= 0.6 is 11.8 Å². The van der Waals surface area contributed by atoms with Crippen LogP contribution in [0.3, 0.4) is 0 Å². The van der Waals surface area contributed by atoms with Crippen molar-refractivity contribution in [3.8, 4) is 0 Å². The summed E-state index contributed by atoms with van der Waals surface area (Å²) >= 11 is 1.78. The number of nitrogens with zero attached hydrogens (tertiary/aromatic N) is 1. The van der Waals surface area contributed by atoms with E-state index in [1.54, 1.807) is 11.8 Å². The molecule has 0 unspecified atom stereocenters. The second-order valence-corrected chi connectivity index (χ2v) is 7.96. The number of rotatable bonds is 4. The summed E-state index contributed by atoms with van der Waals surface area (Å²) in [6.07, 6.45) is 12.3. The fourth-order valence-corrected chi connectivity index (χ4v) is 5.59. The number of amidine groups is 1. The van der Waals surface area contributed by atoms with E-state index in [2.05, 4.69) is 18.5 Å². The lowest BCUT2D eigenvalue weighted by Gasteiger charge is -2.56. The minimum Gasteiger partial charge on any atom is -0.365 e. The summed E-state index contributed by atoms with van der Waals surface area (Å²) in [6.45, 7) is 4.36. The van der Waals surface area contributed by atoms with E-state index in [1.807, 2.05) is 0 Å². The van der Waals surface area contributed by atoms with Gasteiger partial charge in [0.25, 0.3) is 0 Å². The zero-order chi connectivity index (χ0) is 13.3. The third kappa shape index (κ3) is 2.96. The molecule has 4 fully saturated rings. The first kappa shape index (κ1) is 13.8. The van der Waals surface area contributed by atoms with Gasteiger partial charge >= 0.3 is 0 Å². The van der Waals surface area contributed by atoms with Gasteiger partial charge in [0, 0.05) is 13.1 Å². The molecule has 0 aromatic heterocycles. The molecular weight excluding hydrogens is 252 g/mol. The highest BCUT2D eigenvalue weighted by atomic mass is 32.2. The molecular formula is C16H28N2S. The Morgan fingerprint density at radius 2 is 1.74 bits per heavy atom. The van der Waals surface area contributed by atoms with Gasteiger partial charge in [-0.2, -0.15) is 0 Å². The van der Waals surface area contributed by atoms with Gasteiger partial charge in [0.1, 0.15) is 0 Å². The highest BCUT2D eigenvalue weighted by molar-refractivity contribution is 8.13. The van der Waals surface area contributed by atoms with Crippen molar-refractivity contribution in [2.24, 2.45) is 28.2 Å². The summed E-state index contributed by atoms with van der Waals surface area (Å²) in [6, 6.07) is 0. The molecule has 4 saturated carbocycles. The van der Waals surface area contributed by atoms with E-state index in [9.17, 15) is 0 Å². The second kappa shape index (κ2) is 5.67. The van der Waals surface area contributed by atoms with Gasteiger partial charge in [-0.05, 0) is 74.4 Å². The smallest absolute Gasteiger partial charge is 0.156 e. The van der Waals surface area contributed by atoms with Crippen LogP contribution in [-0.2, 0) is 0 Å². The predicted molar refractivity (Wildman–Crippen MR) is 84.7 cm³/mol. The maximum Gasteiger partial charge on any atom is 0.156 e. The Kier molecular flexibility index (Phi) is 4.11. The van der Waals surface area contributed by atoms with Crippen molar-refractivity contribution in [1.29, 1.82) is 0 Å². The first-order chi connectivity index (χ1) is 9.23.